The van der Waals surface area contributed by atoms with Crippen molar-refractivity contribution in [2.45, 2.75) is 26.1 Å². The van der Waals surface area contributed by atoms with Crippen LogP contribution in [0.15, 0.2) is 54.6 Å². The fourth-order valence-electron chi connectivity index (χ4n) is 2.82. The molecule has 2 atom stereocenters. The van der Waals surface area contributed by atoms with Gasteiger partial charge in [-0.1, -0.05) is 24.3 Å². The lowest BCUT2D eigenvalue weighted by Gasteiger charge is -2.24. The lowest BCUT2D eigenvalue weighted by atomic mass is 10.2. The van der Waals surface area contributed by atoms with Gasteiger partial charge in [0, 0.05) is 18.3 Å². The minimum absolute atomic E-state index is 0. The number of aliphatic hydroxyl groups excluding tert-OH is 1. The van der Waals surface area contributed by atoms with Gasteiger partial charge in [0.15, 0.2) is 0 Å². The summed E-state index contributed by atoms with van der Waals surface area (Å²) in [5.41, 5.74) is 0.705. The first-order valence-electron chi connectivity index (χ1n) is 8.83. The highest BCUT2D eigenvalue weighted by Crippen LogP contribution is 2.32. The second kappa shape index (κ2) is 9.54. The maximum Gasteiger partial charge on any atom is 0.333 e. The number of imide groups is 1. The number of nitrogens with one attached hydrogen (secondary N) is 1. The number of hydrogen-bond donors (Lipinski definition) is 2. The molecule has 0 aromatic heterocycles. The van der Waals surface area contributed by atoms with Gasteiger partial charge in [-0.15, -0.1) is 12.4 Å². The molecule has 3 aliphatic heterocycles. The van der Waals surface area contributed by atoms with E-state index in [2.05, 4.69) is 5.32 Å². The summed E-state index contributed by atoms with van der Waals surface area (Å²) in [5, 5.41) is 12.2. The van der Waals surface area contributed by atoms with Crippen molar-refractivity contribution < 1.29 is 19.4 Å². The van der Waals surface area contributed by atoms with Gasteiger partial charge < -0.3 is 9.84 Å². The summed E-state index contributed by atoms with van der Waals surface area (Å²) in [6, 6.07) is 16.6. The van der Waals surface area contributed by atoms with Gasteiger partial charge in [0.1, 0.15) is 18.0 Å². The molecule has 2 aromatic carbocycles. The molecule has 1 fully saturated rings. The molecule has 0 saturated carbocycles. The predicted octanol–water partition coefficient (Wildman–Crippen LogP) is 2.99. The fraction of sp³-hybridized carbons (Fsp3) is 0.300. The normalized spacial score (nSPS) is 16.2. The van der Waals surface area contributed by atoms with Gasteiger partial charge >= 0.3 is 6.03 Å². The molecule has 2 N–H and O–H groups in total. The monoisotopic (exact) mass is 405 g/mol. The molecule has 3 heterocycles. The average Bonchev–Trinajstić information content (AvgIpc) is 2.95. The van der Waals surface area contributed by atoms with Gasteiger partial charge in [0.25, 0.3) is 5.91 Å². The average molecular weight is 406 g/mol. The summed E-state index contributed by atoms with van der Waals surface area (Å²) in [4.78, 5) is 27.0. The molecule has 7 nitrogen and oxygen atoms in total. The van der Waals surface area contributed by atoms with Gasteiger partial charge in [-0.05, 0) is 38.1 Å². The van der Waals surface area contributed by atoms with Crippen LogP contribution >= 0.6 is 12.4 Å². The molecule has 5 rings (SSSR count). The molecule has 2 unspecified atom stereocenters. The van der Waals surface area contributed by atoms with Crippen molar-refractivity contribution in [3.63, 3.8) is 0 Å². The molecule has 8 heteroatoms. The molecular weight excluding hydrogens is 382 g/mol. The molecule has 2 aromatic rings. The maximum atomic E-state index is 12.3. The summed E-state index contributed by atoms with van der Waals surface area (Å²) >= 11 is 0. The number of para-hydroxylation sites is 1. The third kappa shape index (κ3) is 5.01. The summed E-state index contributed by atoms with van der Waals surface area (Å²) in [6.45, 7) is 3.74. The van der Waals surface area contributed by atoms with Crippen molar-refractivity contribution in [1.29, 1.82) is 0 Å². The molecular formula is C20H24ClN3O4. The highest BCUT2D eigenvalue weighted by Gasteiger charge is 2.39. The summed E-state index contributed by atoms with van der Waals surface area (Å²) in [7, 11) is 0. The van der Waals surface area contributed by atoms with Crippen LogP contribution in [0.5, 0.6) is 11.5 Å². The Hall–Kier alpha value is -2.61. The van der Waals surface area contributed by atoms with Gasteiger partial charge in [-0.3, -0.25) is 15.0 Å². The summed E-state index contributed by atoms with van der Waals surface area (Å²) < 4.78 is 5.01. The van der Waals surface area contributed by atoms with Gasteiger partial charge in [-0.25, -0.2) is 9.69 Å². The van der Waals surface area contributed by atoms with Gasteiger partial charge in [0.05, 0.1) is 12.3 Å². The number of rotatable bonds is 5. The smallest absolute Gasteiger partial charge is 0.333 e. The van der Waals surface area contributed by atoms with Crippen LogP contribution < -0.4 is 15.0 Å². The largest absolute Gasteiger partial charge is 0.457 e. The second-order valence-corrected chi connectivity index (χ2v) is 6.48. The first-order chi connectivity index (χ1) is 13.0. The van der Waals surface area contributed by atoms with Crippen LogP contribution in [0, 0.1) is 0 Å². The number of fused-ring (bicyclic) bond motifs is 2. The number of urea groups is 1. The predicted molar refractivity (Wildman–Crippen MR) is 109 cm³/mol. The van der Waals surface area contributed by atoms with Crippen molar-refractivity contribution in [2.75, 3.05) is 18.0 Å². The highest BCUT2D eigenvalue weighted by atomic mass is 35.5. The second-order valence-electron chi connectivity index (χ2n) is 6.48. The molecule has 0 aliphatic carbocycles. The van der Waals surface area contributed by atoms with E-state index in [1.807, 2.05) is 42.5 Å². The Kier molecular flexibility index (Phi) is 7.39. The minimum atomic E-state index is -0.532. The first-order valence-corrected chi connectivity index (χ1v) is 8.83. The van der Waals surface area contributed by atoms with Crippen LogP contribution in [-0.4, -0.2) is 47.3 Å². The van der Waals surface area contributed by atoms with Crippen molar-refractivity contribution in [2.24, 2.45) is 0 Å². The Morgan fingerprint density at radius 1 is 1.07 bits per heavy atom. The Bertz CT molecular complexity index is 791. The Balaban J connectivity index is 0.000000291. The van der Waals surface area contributed by atoms with Crippen LogP contribution in [-0.2, 0) is 4.79 Å². The van der Waals surface area contributed by atoms with Gasteiger partial charge in [0.2, 0.25) is 0 Å². The van der Waals surface area contributed by atoms with E-state index < -0.39 is 12.3 Å². The molecule has 0 spiro atoms. The Labute approximate surface area is 170 Å². The lowest BCUT2D eigenvalue weighted by Crippen LogP contribution is -2.49. The zero-order valence-electron chi connectivity index (χ0n) is 15.7. The van der Waals surface area contributed by atoms with Crippen LogP contribution in [0.1, 0.15) is 13.8 Å². The highest BCUT2D eigenvalue weighted by molar-refractivity contribution is 6.12. The summed E-state index contributed by atoms with van der Waals surface area (Å²) in [5.74, 6) is 1.72. The third-order valence-electron chi connectivity index (χ3n) is 4.20. The van der Waals surface area contributed by atoms with E-state index in [0.29, 0.717) is 12.2 Å². The van der Waals surface area contributed by atoms with Crippen molar-refractivity contribution in [3.05, 3.63) is 54.6 Å². The number of hydrogen-bond acceptors (Lipinski definition) is 5. The van der Waals surface area contributed by atoms with Crippen LogP contribution in [0.3, 0.4) is 0 Å². The molecule has 150 valence electrons. The molecule has 3 aliphatic rings. The molecule has 1 saturated heterocycles. The standard InChI is InChI=1S/C14H19N3O3.C6H4O.ClH/c1-10(18)8-15-11(2)17-13(19)9-16(14(17)20)12-6-4-3-5-7-12;1-2-5-4-6(3-1)7-5;/h3-7,10-11,15,18H,8-9H2,1-2H3;1-4H;1H. The lowest BCUT2D eigenvalue weighted by molar-refractivity contribution is -0.126. The molecule has 28 heavy (non-hydrogen) atoms. The van der Waals surface area contributed by atoms with E-state index >= 15 is 0 Å². The number of aliphatic hydroxyl groups is 1. The molecule has 2 bridgehead atoms. The van der Waals surface area contributed by atoms with Crippen molar-refractivity contribution >= 4 is 30.0 Å². The first kappa shape index (κ1) is 21.7. The van der Waals surface area contributed by atoms with Crippen LogP contribution in [0.2, 0.25) is 0 Å². The van der Waals surface area contributed by atoms with E-state index in [-0.39, 0.29) is 30.9 Å². The number of ether oxygens (including phenoxy) is 1. The molecule has 0 radical (unpaired) electrons. The number of anilines is 1. The van der Waals surface area contributed by atoms with E-state index in [1.165, 1.54) is 9.80 Å². The quantitative estimate of drug-likeness (QED) is 0.638. The summed E-state index contributed by atoms with van der Waals surface area (Å²) in [6.07, 6.45) is -0.978. The van der Waals surface area contributed by atoms with Crippen molar-refractivity contribution in [3.8, 4) is 11.5 Å². The Morgan fingerprint density at radius 2 is 1.68 bits per heavy atom. The van der Waals surface area contributed by atoms with Crippen LogP contribution in [0.25, 0.3) is 0 Å². The van der Waals surface area contributed by atoms with Crippen molar-refractivity contribution in [1.82, 2.24) is 10.2 Å². The van der Waals surface area contributed by atoms with E-state index in [4.69, 9.17) is 4.74 Å². The maximum absolute atomic E-state index is 12.3. The number of benzene rings is 2. The zero-order valence-corrected chi connectivity index (χ0v) is 16.6. The minimum Gasteiger partial charge on any atom is -0.457 e. The van der Waals surface area contributed by atoms with E-state index in [0.717, 1.165) is 11.5 Å². The molecule has 3 amide bonds. The SMILES string of the molecule is CC(O)CNC(C)N1C(=O)CN(c2ccccc2)C1=O.Cl.c1cc2cc(c1)O2. The number of halogens is 1. The number of carbonyl (C=O) groups is 2. The van der Waals surface area contributed by atoms with E-state index in [9.17, 15) is 14.7 Å². The van der Waals surface area contributed by atoms with Gasteiger partial charge in [-0.2, -0.15) is 0 Å². The fourth-order valence-corrected chi connectivity index (χ4v) is 2.82. The third-order valence-corrected chi connectivity index (χ3v) is 4.20. The number of nitrogens with zero attached hydrogens (tertiary/aromatic N) is 2. The zero-order chi connectivity index (χ0) is 19.4. The topological polar surface area (TPSA) is 82.1 Å². The van der Waals surface area contributed by atoms with E-state index in [1.54, 1.807) is 26.0 Å². The Morgan fingerprint density at radius 3 is 2.14 bits per heavy atom. The number of amides is 3. The number of carbonyl (C=O) groups excluding carboxylic acids is 2. The van der Waals surface area contributed by atoms with Crippen LogP contribution in [0.4, 0.5) is 10.5 Å².